The van der Waals surface area contributed by atoms with E-state index in [9.17, 15) is 9.59 Å². The highest BCUT2D eigenvalue weighted by atomic mass is 16.4. The van der Waals surface area contributed by atoms with Crippen LogP contribution in [0.1, 0.15) is 26.2 Å². The van der Waals surface area contributed by atoms with Crippen LogP contribution in [-0.2, 0) is 9.59 Å². The standard InChI is InChI=1S/C9H18N2O4/c1-6(12)8(13)11-7(9(14)15)4-2-3-5-10/h6-7,12H,2-5,10H2,1H3,(H,11,13)(H,14,15)/t6-,7-/m0/s1. The van der Waals surface area contributed by atoms with E-state index < -0.39 is 24.0 Å². The highest BCUT2D eigenvalue weighted by Gasteiger charge is 2.21. The molecule has 0 saturated heterocycles. The number of hydrogen-bond donors (Lipinski definition) is 4. The van der Waals surface area contributed by atoms with Crippen LogP contribution in [0.3, 0.4) is 0 Å². The number of aliphatic carboxylic acids is 1. The quantitative estimate of drug-likeness (QED) is 0.412. The highest BCUT2D eigenvalue weighted by molar-refractivity contribution is 5.85. The van der Waals surface area contributed by atoms with E-state index in [0.717, 1.165) is 0 Å². The van der Waals surface area contributed by atoms with Gasteiger partial charge in [-0.1, -0.05) is 0 Å². The topological polar surface area (TPSA) is 113 Å². The van der Waals surface area contributed by atoms with Crippen molar-refractivity contribution in [1.29, 1.82) is 0 Å². The molecule has 0 bridgehead atoms. The minimum atomic E-state index is -1.19. The molecule has 0 fully saturated rings. The number of carbonyl (C=O) groups excluding carboxylic acids is 1. The Labute approximate surface area is 88.5 Å². The lowest BCUT2D eigenvalue weighted by molar-refractivity contribution is -0.143. The maximum Gasteiger partial charge on any atom is 0.326 e. The Balaban J connectivity index is 4.05. The maximum absolute atomic E-state index is 11.0. The van der Waals surface area contributed by atoms with Gasteiger partial charge < -0.3 is 21.3 Å². The van der Waals surface area contributed by atoms with Crippen LogP contribution in [-0.4, -0.2) is 40.8 Å². The van der Waals surface area contributed by atoms with Crippen LogP contribution in [0, 0.1) is 0 Å². The zero-order valence-electron chi connectivity index (χ0n) is 8.77. The Bertz CT molecular complexity index is 218. The van der Waals surface area contributed by atoms with Gasteiger partial charge in [-0.2, -0.15) is 0 Å². The molecule has 0 aliphatic heterocycles. The third-order valence-corrected chi connectivity index (χ3v) is 1.94. The molecule has 0 aliphatic rings. The highest BCUT2D eigenvalue weighted by Crippen LogP contribution is 2.01. The molecule has 5 N–H and O–H groups in total. The number of amides is 1. The molecule has 0 heterocycles. The Kier molecular flexibility index (Phi) is 6.64. The second kappa shape index (κ2) is 7.19. The summed E-state index contributed by atoms with van der Waals surface area (Å²) in [5.41, 5.74) is 5.27. The Morgan fingerprint density at radius 3 is 2.40 bits per heavy atom. The SMILES string of the molecule is C[C@H](O)C(=O)N[C@@H](CCCCN)C(=O)O. The Morgan fingerprint density at radius 1 is 1.40 bits per heavy atom. The maximum atomic E-state index is 11.0. The summed E-state index contributed by atoms with van der Waals surface area (Å²) in [7, 11) is 0. The van der Waals surface area contributed by atoms with Crippen molar-refractivity contribution in [2.24, 2.45) is 5.73 Å². The summed E-state index contributed by atoms with van der Waals surface area (Å²) in [5.74, 6) is -1.77. The summed E-state index contributed by atoms with van der Waals surface area (Å²) in [4.78, 5) is 21.8. The first-order valence-corrected chi connectivity index (χ1v) is 4.90. The van der Waals surface area contributed by atoms with Gasteiger partial charge in [0.25, 0.3) is 0 Å². The number of aliphatic hydroxyl groups excluding tert-OH is 1. The van der Waals surface area contributed by atoms with Crippen molar-refractivity contribution in [3.8, 4) is 0 Å². The predicted octanol–water partition coefficient (Wildman–Crippen LogP) is -0.934. The Hall–Kier alpha value is -1.14. The van der Waals surface area contributed by atoms with E-state index in [1.165, 1.54) is 6.92 Å². The molecule has 2 atom stereocenters. The first kappa shape index (κ1) is 13.9. The molecule has 0 rings (SSSR count). The van der Waals surface area contributed by atoms with Gasteiger partial charge >= 0.3 is 5.97 Å². The molecule has 0 aromatic heterocycles. The molecular weight excluding hydrogens is 200 g/mol. The van der Waals surface area contributed by atoms with E-state index in [4.69, 9.17) is 15.9 Å². The van der Waals surface area contributed by atoms with Crippen LogP contribution >= 0.6 is 0 Å². The average molecular weight is 218 g/mol. The minimum absolute atomic E-state index is 0.324. The third-order valence-electron chi connectivity index (χ3n) is 1.94. The van der Waals surface area contributed by atoms with Crippen LogP contribution < -0.4 is 11.1 Å². The molecule has 6 nitrogen and oxygen atoms in total. The monoisotopic (exact) mass is 218 g/mol. The molecular formula is C9H18N2O4. The van der Waals surface area contributed by atoms with Crippen LogP contribution in [0.4, 0.5) is 0 Å². The zero-order valence-corrected chi connectivity index (χ0v) is 8.77. The molecule has 0 unspecified atom stereocenters. The van der Waals surface area contributed by atoms with Gasteiger partial charge in [0, 0.05) is 0 Å². The van der Waals surface area contributed by atoms with Crippen molar-refractivity contribution in [3.05, 3.63) is 0 Å². The van der Waals surface area contributed by atoms with E-state index in [-0.39, 0.29) is 0 Å². The molecule has 15 heavy (non-hydrogen) atoms. The van der Waals surface area contributed by atoms with Crippen molar-refractivity contribution in [2.75, 3.05) is 6.54 Å². The number of carboxylic acid groups (broad SMARTS) is 1. The number of carbonyl (C=O) groups is 2. The number of nitrogens with one attached hydrogen (secondary N) is 1. The normalized spacial score (nSPS) is 14.3. The minimum Gasteiger partial charge on any atom is -0.480 e. The third kappa shape index (κ3) is 6.03. The molecule has 0 aromatic rings. The van der Waals surface area contributed by atoms with Crippen molar-refractivity contribution in [2.45, 2.75) is 38.3 Å². The molecule has 1 amide bonds. The molecule has 0 aliphatic carbocycles. The van der Waals surface area contributed by atoms with Gasteiger partial charge in [0.05, 0.1) is 0 Å². The van der Waals surface area contributed by atoms with Gasteiger partial charge in [-0.05, 0) is 32.7 Å². The van der Waals surface area contributed by atoms with E-state index >= 15 is 0 Å². The summed E-state index contributed by atoms with van der Waals surface area (Å²) in [6, 6.07) is -0.946. The molecule has 0 aromatic carbocycles. The van der Waals surface area contributed by atoms with E-state index in [0.29, 0.717) is 25.8 Å². The number of nitrogens with two attached hydrogens (primary N) is 1. The van der Waals surface area contributed by atoms with Crippen LogP contribution in [0.25, 0.3) is 0 Å². The van der Waals surface area contributed by atoms with Crippen LogP contribution in [0.5, 0.6) is 0 Å². The van der Waals surface area contributed by atoms with Crippen LogP contribution in [0.2, 0.25) is 0 Å². The number of unbranched alkanes of at least 4 members (excludes halogenated alkanes) is 1. The number of rotatable bonds is 7. The summed E-state index contributed by atoms with van der Waals surface area (Å²) in [6.45, 7) is 1.78. The van der Waals surface area contributed by atoms with Crippen molar-refractivity contribution >= 4 is 11.9 Å². The van der Waals surface area contributed by atoms with Crippen molar-refractivity contribution in [3.63, 3.8) is 0 Å². The first-order valence-electron chi connectivity index (χ1n) is 4.90. The fourth-order valence-electron chi connectivity index (χ4n) is 1.04. The lowest BCUT2D eigenvalue weighted by Crippen LogP contribution is -2.44. The summed E-state index contributed by atoms with van der Waals surface area (Å²) in [5, 5.41) is 19.9. The molecule has 0 spiro atoms. The fourth-order valence-corrected chi connectivity index (χ4v) is 1.04. The predicted molar refractivity (Wildman–Crippen MR) is 54.2 cm³/mol. The lowest BCUT2D eigenvalue weighted by Gasteiger charge is -2.15. The molecule has 0 radical (unpaired) electrons. The summed E-state index contributed by atoms with van der Waals surface area (Å²) in [6.07, 6.45) is 0.480. The first-order chi connectivity index (χ1) is 6.99. The largest absolute Gasteiger partial charge is 0.480 e. The molecule has 6 heteroatoms. The van der Waals surface area contributed by atoms with Gasteiger partial charge in [-0.15, -0.1) is 0 Å². The van der Waals surface area contributed by atoms with Gasteiger partial charge in [-0.25, -0.2) is 4.79 Å². The number of hydrogen-bond acceptors (Lipinski definition) is 4. The van der Waals surface area contributed by atoms with Gasteiger partial charge in [-0.3, -0.25) is 4.79 Å². The smallest absolute Gasteiger partial charge is 0.326 e. The Morgan fingerprint density at radius 2 is 2.00 bits per heavy atom. The second-order valence-electron chi connectivity index (χ2n) is 3.36. The summed E-state index contributed by atoms with van der Waals surface area (Å²) < 4.78 is 0. The van der Waals surface area contributed by atoms with Gasteiger partial charge in [0.2, 0.25) is 5.91 Å². The van der Waals surface area contributed by atoms with Crippen molar-refractivity contribution < 1.29 is 19.8 Å². The average Bonchev–Trinajstić information content (AvgIpc) is 2.15. The zero-order chi connectivity index (χ0) is 11.8. The summed E-state index contributed by atoms with van der Waals surface area (Å²) >= 11 is 0. The van der Waals surface area contributed by atoms with Crippen molar-refractivity contribution in [1.82, 2.24) is 5.32 Å². The number of carboxylic acids is 1. The molecule has 88 valence electrons. The lowest BCUT2D eigenvalue weighted by atomic mass is 10.1. The van der Waals surface area contributed by atoms with E-state index in [2.05, 4.69) is 5.32 Å². The fraction of sp³-hybridized carbons (Fsp3) is 0.778. The van der Waals surface area contributed by atoms with Crippen LogP contribution in [0.15, 0.2) is 0 Å². The molecule has 0 saturated carbocycles. The van der Waals surface area contributed by atoms with E-state index in [1.54, 1.807) is 0 Å². The van der Waals surface area contributed by atoms with Gasteiger partial charge in [0.15, 0.2) is 0 Å². The second-order valence-corrected chi connectivity index (χ2v) is 3.36. The van der Waals surface area contributed by atoms with E-state index in [1.807, 2.05) is 0 Å². The van der Waals surface area contributed by atoms with Gasteiger partial charge in [0.1, 0.15) is 12.1 Å². The number of aliphatic hydroxyl groups is 1.